The quantitative estimate of drug-likeness (QED) is 0.374. The van der Waals surface area contributed by atoms with Crippen molar-refractivity contribution >= 4 is 50.6 Å². The van der Waals surface area contributed by atoms with Crippen LogP contribution in [0.1, 0.15) is 43.1 Å². The molecule has 0 spiro atoms. The third kappa shape index (κ3) is 6.08. The lowest BCUT2D eigenvalue weighted by atomic mass is 9.85. The summed E-state index contributed by atoms with van der Waals surface area (Å²) in [5.41, 5.74) is -0.335. The van der Waals surface area contributed by atoms with E-state index in [0.717, 1.165) is 4.31 Å². The summed E-state index contributed by atoms with van der Waals surface area (Å²) in [6, 6.07) is 3.55. The maximum absolute atomic E-state index is 14.6. The van der Waals surface area contributed by atoms with Crippen LogP contribution in [-0.2, 0) is 22.1 Å². The predicted octanol–water partition coefficient (Wildman–Crippen LogP) is 1.63. The maximum atomic E-state index is 14.6. The third-order valence-corrected chi connectivity index (χ3v) is 7.99. The van der Waals surface area contributed by atoms with Gasteiger partial charge in [-0.3, -0.25) is 9.59 Å². The second kappa shape index (κ2) is 11.0. The van der Waals surface area contributed by atoms with Crippen molar-refractivity contribution in [1.29, 1.82) is 0 Å². The van der Waals surface area contributed by atoms with Gasteiger partial charge >= 0.3 is 16.2 Å². The number of benzene rings is 1. The minimum Gasteiger partial charge on any atom is -0.356 e. The normalized spacial score (nSPS) is 18.6. The molecule has 1 aromatic carbocycles. The Morgan fingerprint density at radius 1 is 1.25 bits per heavy atom. The molecule has 2 heterocycles. The number of halogens is 2. The molecule has 3 rings (SSSR count). The Hall–Kier alpha value is -2.90. The van der Waals surface area contributed by atoms with Gasteiger partial charge < -0.3 is 20.5 Å². The number of nitrogens with zero attached hydrogens (tertiary/aromatic N) is 2. The molecule has 0 radical (unpaired) electrons. The molecule has 1 saturated heterocycles. The molecule has 14 heteroatoms. The van der Waals surface area contributed by atoms with Gasteiger partial charge in [0.05, 0.1) is 16.1 Å². The molecule has 1 aliphatic rings. The number of piperidine rings is 1. The van der Waals surface area contributed by atoms with Gasteiger partial charge in [0.2, 0.25) is 5.91 Å². The molecule has 4 amide bonds. The van der Waals surface area contributed by atoms with Crippen molar-refractivity contribution in [2.45, 2.75) is 38.1 Å². The van der Waals surface area contributed by atoms with Crippen molar-refractivity contribution in [2.75, 3.05) is 26.7 Å². The van der Waals surface area contributed by atoms with E-state index in [0.29, 0.717) is 37.7 Å². The highest BCUT2D eigenvalue weighted by Gasteiger charge is 2.41. The van der Waals surface area contributed by atoms with Gasteiger partial charge in [0.25, 0.3) is 5.91 Å². The summed E-state index contributed by atoms with van der Waals surface area (Å²) in [5, 5.41) is 8.01. The zero-order chi connectivity index (χ0) is 26.7. The Balaban J connectivity index is 1.90. The van der Waals surface area contributed by atoms with E-state index in [4.69, 9.17) is 11.6 Å². The van der Waals surface area contributed by atoms with E-state index in [1.807, 2.05) is 4.72 Å². The van der Waals surface area contributed by atoms with E-state index in [1.54, 1.807) is 17.7 Å². The van der Waals surface area contributed by atoms with E-state index in [1.165, 1.54) is 26.1 Å². The van der Waals surface area contributed by atoms with Crippen molar-refractivity contribution in [3.05, 3.63) is 34.7 Å². The molecule has 1 fully saturated rings. The van der Waals surface area contributed by atoms with Gasteiger partial charge in [-0.15, -0.1) is 0 Å². The Morgan fingerprint density at radius 2 is 1.97 bits per heavy atom. The molecule has 1 atom stereocenters. The third-order valence-electron chi connectivity index (χ3n) is 6.26. The van der Waals surface area contributed by atoms with Crippen molar-refractivity contribution < 1.29 is 27.2 Å². The average molecular weight is 545 g/mol. The first kappa shape index (κ1) is 27.7. The Bertz CT molecular complexity index is 1280. The summed E-state index contributed by atoms with van der Waals surface area (Å²) < 4.78 is 44.7. The van der Waals surface area contributed by atoms with Gasteiger partial charge in [-0.25, -0.2) is 13.9 Å². The van der Waals surface area contributed by atoms with Gasteiger partial charge in [0, 0.05) is 46.0 Å². The summed E-state index contributed by atoms with van der Waals surface area (Å²) in [6.07, 6.45) is 1.72. The predicted molar refractivity (Wildman–Crippen MR) is 133 cm³/mol. The number of fused-ring (bicyclic) bond motifs is 1. The van der Waals surface area contributed by atoms with Crippen LogP contribution in [0.15, 0.2) is 18.2 Å². The second-order valence-electron chi connectivity index (χ2n) is 8.83. The number of hydrogen-bond donors (Lipinski definition) is 4. The van der Waals surface area contributed by atoms with E-state index >= 15 is 0 Å². The van der Waals surface area contributed by atoms with E-state index in [-0.39, 0.29) is 35.1 Å². The van der Waals surface area contributed by atoms with Crippen molar-refractivity contribution in [3.63, 3.8) is 0 Å². The van der Waals surface area contributed by atoms with Gasteiger partial charge in [-0.05, 0) is 43.9 Å². The van der Waals surface area contributed by atoms with Crippen LogP contribution >= 0.6 is 11.6 Å². The second-order valence-corrected chi connectivity index (χ2v) is 10.9. The summed E-state index contributed by atoms with van der Waals surface area (Å²) >= 11 is 5.89. The van der Waals surface area contributed by atoms with Gasteiger partial charge in [-0.1, -0.05) is 11.6 Å². The highest BCUT2D eigenvalue weighted by molar-refractivity contribution is 7.87. The van der Waals surface area contributed by atoms with Crippen LogP contribution < -0.4 is 20.7 Å². The van der Waals surface area contributed by atoms with Gasteiger partial charge in [0.1, 0.15) is 5.69 Å². The smallest absolute Gasteiger partial charge is 0.329 e. The van der Waals surface area contributed by atoms with Crippen LogP contribution in [0.2, 0.25) is 5.02 Å². The Labute approximate surface area is 213 Å². The van der Waals surface area contributed by atoms with Crippen LogP contribution in [0, 0.1) is 5.82 Å². The van der Waals surface area contributed by atoms with E-state index in [9.17, 15) is 27.2 Å². The van der Waals surface area contributed by atoms with Crippen LogP contribution in [0.25, 0.3) is 10.9 Å². The SMILES string of the molecule is CNC(=O)NS(=O)(=O)N1CCCC(CCCNC(C)=O)(NC(=O)c2cc3c(F)c(Cl)ccc3n2C)C1. The first-order chi connectivity index (χ1) is 16.9. The molecule has 0 saturated carbocycles. The molecule has 0 aliphatic carbocycles. The number of aryl methyl sites for hydroxylation is 1. The highest BCUT2D eigenvalue weighted by atomic mass is 35.5. The number of aromatic nitrogens is 1. The first-order valence-electron chi connectivity index (χ1n) is 11.4. The first-order valence-corrected chi connectivity index (χ1v) is 13.2. The standard InChI is InChI=1S/C22H30ClFN6O5S/c1-14(31)26-10-4-8-22(9-5-11-30(13-22)36(34,35)28-21(33)25-2)27-20(32)18-12-15-17(29(18)3)7-6-16(23)19(15)24/h6-7,12H,4-5,8-11,13H2,1-3H3,(H,26,31)(H,27,32)(H2,25,28,33). The number of carbonyl (C=O) groups is 3. The molecule has 1 aromatic heterocycles. The number of hydrogen-bond acceptors (Lipinski definition) is 5. The fourth-order valence-electron chi connectivity index (χ4n) is 4.46. The van der Waals surface area contributed by atoms with E-state index in [2.05, 4.69) is 16.0 Å². The maximum Gasteiger partial charge on any atom is 0.329 e. The summed E-state index contributed by atoms with van der Waals surface area (Å²) in [6.45, 7) is 1.80. The van der Waals surface area contributed by atoms with Crippen LogP contribution in [-0.4, -0.2) is 67.4 Å². The number of urea groups is 1. The summed E-state index contributed by atoms with van der Waals surface area (Å²) in [7, 11) is -1.25. The van der Waals surface area contributed by atoms with Crippen LogP contribution in [0.4, 0.5) is 9.18 Å². The number of nitrogens with one attached hydrogen (secondary N) is 4. The van der Waals surface area contributed by atoms with Crippen molar-refractivity contribution in [3.8, 4) is 0 Å². The van der Waals surface area contributed by atoms with Crippen molar-refractivity contribution in [1.82, 2.24) is 29.5 Å². The van der Waals surface area contributed by atoms with Gasteiger partial charge in [-0.2, -0.15) is 12.7 Å². The lowest BCUT2D eigenvalue weighted by Crippen LogP contribution is -2.61. The molecular formula is C22H30ClFN6O5S. The molecular weight excluding hydrogens is 515 g/mol. The minimum atomic E-state index is -4.17. The highest BCUT2D eigenvalue weighted by Crippen LogP contribution is 2.30. The number of rotatable bonds is 8. The number of carbonyl (C=O) groups excluding carboxylic acids is 3. The fourth-order valence-corrected chi connectivity index (χ4v) is 5.88. The summed E-state index contributed by atoms with van der Waals surface area (Å²) in [4.78, 5) is 36.4. The zero-order valence-corrected chi connectivity index (χ0v) is 21.9. The molecule has 11 nitrogen and oxygen atoms in total. The molecule has 36 heavy (non-hydrogen) atoms. The Morgan fingerprint density at radius 3 is 2.64 bits per heavy atom. The lowest BCUT2D eigenvalue weighted by Gasteiger charge is -2.42. The average Bonchev–Trinajstić information content (AvgIpc) is 3.16. The molecule has 198 valence electrons. The van der Waals surface area contributed by atoms with Gasteiger partial charge in [0.15, 0.2) is 5.82 Å². The van der Waals surface area contributed by atoms with E-state index < -0.39 is 33.5 Å². The zero-order valence-electron chi connectivity index (χ0n) is 20.3. The van der Waals surface area contributed by atoms with Crippen LogP contribution in [0.3, 0.4) is 0 Å². The molecule has 4 N–H and O–H groups in total. The Kier molecular flexibility index (Phi) is 8.47. The fraction of sp³-hybridized carbons (Fsp3) is 0.500. The minimum absolute atomic E-state index is 0.0637. The molecule has 1 unspecified atom stereocenters. The molecule has 0 bridgehead atoms. The molecule has 1 aliphatic heterocycles. The largest absolute Gasteiger partial charge is 0.356 e. The number of amides is 4. The summed E-state index contributed by atoms with van der Waals surface area (Å²) in [5.74, 6) is -1.35. The monoisotopic (exact) mass is 544 g/mol. The van der Waals surface area contributed by atoms with Crippen LogP contribution in [0.5, 0.6) is 0 Å². The lowest BCUT2D eigenvalue weighted by molar-refractivity contribution is -0.119. The topological polar surface area (TPSA) is 142 Å². The molecule has 2 aromatic rings. The van der Waals surface area contributed by atoms with Crippen molar-refractivity contribution in [2.24, 2.45) is 7.05 Å².